The van der Waals surface area contributed by atoms with Gasteiger partial charge in [0.05, 0.1) is 17.3 Å². The van der Waals surface area contributed by atoms with Gasteiger partial charge in [-0.3, -0.25) is 0 Å². The van der Waals surface area contributed by atoms with E-state index in [2.05, 4.69) is 31.2 Å². The number of ether oxygens (including phenoxy) is 1. The topological polar surface area (TPSA) is 137 Å². The van der Waals surface area contributed by atoms with E-state index in [1.54, 1.807) is 6.07 Å². The second-order valence-electron chi connectivity index (χ2n) is 7.27. The molecule has 0 spiro atoms. The number of thioether (sulfide) groups is 1. The van der Waals surface area contributed by atoms with Crippen LogP contribution in [0.4, 0.5) is 8.78 Å². The van der Waals surface area contributed by atoms with Gasteiger partial charge in [-0.25, -0.2) is 18.4 Å². The van der Waals surface area contributed by atoms with Gasteiger partial charge < -0.3 is 20.1 Å². The van der Waals surface area contributed by atoms with E-state index in [0.29, 0.717) is 9.37 Å². The van der Waals surface area contributed by atoms with E-state index in [9.17, 15) is 24.1 Å². The Labute approximate surface area is 209 Å². The van der Waals surface area contributed by atoms with Crippen LogP contribution in [0.1, 0.15) is 11.7 Å². The average molecular weight is 575 g/mol. The van der Waals surface area contributed by atoms with E-state index in [4.69, 9.17) is 21.6 Å². The largest absolute Gasteiger partial charge is 0.394 e. The maximum atomic E-state index is 13.9. The number of hydrogen-bond donors (Lipinski definition) is 3. The third-order valence-corrected chi connectivity index (χ3v) is 7.20. The molecule has 2 aromatic heterocycles. The summed E-state index contributed by atoms with van der Waals surface area (Å²) in [6.07, 6.45) is -1.06. The van der Waals surface area contributed by atoms with Crippen LogP contribution in [0.3, 0.4) is 0 Å². The van der Waals surface area contributed by atoms with E-state index >= 15 is 0 Å². The van der Waals surface area contributed by atoms with Crippen LogP contribution in [0.15, 0.2) is 40.0 Å². The van der Waals surface area contributed by atoms with Crippen LogP contribution in [0.5, 0.6) is 0 Å². The molecule has 4 unspecified atom stereocenters. The third-order valence-electron chi connectivity index (χ3n) is 5.12. The normalized spacial score (nSPS) is 24.7. The fourth-order valence-corrected chi connectivity index (χ4v) is 5.20. The Hall–Kier alpha value is -2.18. The number of rotatable bonds is 5. The van der Waals surface area contributed by atoms with Gasteiger partial charge in [0, 0.05) is 16.7 Å². The lowest BCUT2D eigenvalue weighted by molar-refractivity contribution is -0.178. The molecule has 4 rings (SSSR count). The smallest absolute Gasteiger partial charge is 0.154 e. The van der Waals surface area contributed by atoms with Crippen molar-refractivity contribution in [1.82, 2.24) is 20.0 Å². The standard InChI is InChI=1S/C20H15BrClF2N5O4S/c21-10-3-9(5-26-13(10)4-25)34-20-19(32)17(18(31)15(7-30)33-20)29-6-14(27-28-29)8-1-11(23)16(22)12(24)2-8/h1-3,5-6,15,17-20,30-32H,7H2/t15?,17?,18?,19-,20?/m0/s1. The van der Waals surface area contributed by atoms with Crippen molar-refractivity contribution < 1.29 is 28.8 Å². The van der Waals surface area contributed by atoms with Crippen molar-refractivity contribution in [3.8, 4) is 17.3 Å². The van der Waals surface area contributed by atoms with Crippen LogP contribution in [-0.4, -0.2) is 65.7 Å². The van der Waals surface area contributed by atoms with Crippen molar-refractivity contribution in [2.24, 2.45) is 0 Å². The van der Waals surface area contributed by atoms with Gasteiger partial charge in [0.1, 0.15) is 58.2 Å². The van der Waals surface area contributed by atoms with Gasteiger partial charge in [0.15, 0.2) is 5.69 Å². The molecule has 3 N–H and O–H groups in total. The monoisotopic (exact) mass is 573 g/mol. The molecule has 1 aliphatic heterocycles. The first-order chi connectivity index (χ1) is 16.2. The highest BCUT2D eigenvalue weighted by Gasteiger charge is 2.46. The van der Waals surface area contributed by atoms with Crippen LogP contribution in [0.2, 0.25) is 5.02 Å². The van der Waals surface area contributed by atoms with Gasteiger partial charge in [-0.1, -0.05) is 28.6 Å². The Balaban J connectivity index is 1.63. The van der Waals surface area contributed by atoms with Crippen molar-refractivity contribution in [1.29, 1.82) is 5.26 Å². The van der Waals surface area contributed by atoms with Crippen LogP contribution >= 0.6 is 39.3 Å². The lowest BCUT2D eigenvalue weighted by Gasteiger charge is -2.41. The highest BCUT2D eigenvalue weighted by atomic mass is 79.9. The fraction of sp³-hybridized carbons (Fsp3) is 0.300. The summed E-state index contributed by atoms with van der Waals surface area (Å²) in [5, 5.41) is 47.6. The first-order valence-electron chi connectivity index (χ1n) is 9.65. The number of halogens is 4. The summed E-state index contributed by atoms with van der Waals surface area (Å²) in [7, 11) is 0. The molecule has 1 aliphatic rings. The maximum Gasteiger partial charge on any atom is 0.154 e. The highest BCUT2D eigenvalue weighted by Crippen LogP contribution is 2.39. The van der Waals surface area contributed by atoms with Crippen molar-refractivity contribution in [2.75, 3.05) is 6.61 Å². The molecule has 3 heterocycles. The van der Waals surface area contributed by atoms with E-state index in [1.165, 1.54) is 12.4 Å². The summed E-state index contributed by atoms with van der Waals surface area (Å²) >= 11 is 9.83. The number of aliphatic hydroxyl groups is 3. The molecule has 0 amide bonds. The molecule has 1 aromatic carbocycles. The molecule has 0 radical (unpaired) electrons. The van der Waals surface area contributed by atoms with Gasteiger partial charge >= 0.3 is 0 Å². The molecular formula is C20H15BrClF2N5O4S. The van der Waals surface area contributed by atoms with E-state index < -0.39 is 53.1 Å². The van der Waals surface area contributed by atoms with Crippen LogP contribution < -0.4 is 0 Å². The molecule has 178 valence electrons. The Morgan fingerprint density at radius 3 is 2.56 bits per heavy atom. The fourth-order valence-electron chi connectivity index (χ4n) is 3.44. The number of hydrogen-bond acceptors (Lipinski definition) is 9. The van der Waals surface area contributed by atoms with Gasteiger partial charge in [0.25, 0.3) is 0 Å². The maximum absolute atomic E-state index is 13.9. The van der Waals surface area contributed by atoms with E-state index in [1.807, 2.05) is 6.07 Å². The lowest BCUT2D eigenvalue weighted by atomic mass is 9.97. The predicted octanol–water partition coefficient (Wildman–Crippen LogP) is 2.68. The number of pyridine rings is 1. The second-order valence-corrected chi connectivity index (χ2v) is 9.67. The van der Waals surface area contributed by atoms with Crippen LogP contribution in [0, 0.1) is 23.0 Å². The van der Waals surface area contributed by atoms with Crippen LogP contribution in [-0.2, 0) is 4.74 Å². The van der Waals surface area contributed by atoms with E-state index in [0.717, 1.165) is 28.6 Å². The van der Waals surface area contributed by atoms with Crippen molar-refractivity contribution in [2.45, 2.75) is 34.7 Å². The molecule has 0 aliphatic carbocycles. The highest BCUT2D eigenvalue weighted by molar-refractivity contribution is 9.10. The molecule has 0 bridgehead atoms. The third kappa shape index (κ3) is 4.80. The molecule has 0 saturated carbocycles. The molecule has 1 fully saturated rings. The minimum atomic E-state index is -1.38. The minimum Gasteiger partial charge on any atom is -0.394 e. The summed E-state index contributed by atoms with van der Waals surface area (Å²) in [5.74, 6) is -1.95. The van der Waals surface area contributed by atoms with Crippen molar-refractivity contribution >= 4 is 39.3 Å². The molecule has 3 aromatic rings. The average Bonchev–Trinajstić information content (AvgIpc) is 3.29. The second kappa shape index (κ2) is 10.2. The number of nitriles is 1. The summed E-state index contributed by atoms with van der Waals surface area (Å²) < 4.78 is 35.0. The van der Waals surface area contributed by atoms with Crippen molar-refractivity contribution in [3.63, 3.8) is 0 Å². The number of aromatic nitrogens is 4. The van der Waals surface area contributed by atoms with Crippen molar-refractivity contribution in [3.05, 3.63) is 57.4 Å². The van der Waals surface area contributed by atoms with Crippen LogP contribution in [0.25, 0.3) is 11.3 Å². The quantitative estimate of drug-likeness (QED) is 0.393. The SMILES string of the molecule is N#Cc1ncc(SC2OC(CO)C(O)C(n3cc(-c4cc(F)c(Cl)c(F)c4)nn3)[C@@H]2O)cc1Br. The van der Waals surface area contributed by atoms with Gasteiger partial charge in [-0.15, -0.1) is 5.10 Å². The van der Waals surface area contributed by atoms with E-state index in [-0.39, 0.29) is 17.0 Å². The Morgan fingerprint density at radius 1 is 1.24 bits per heavy atom. The Morgan fingerprint density at radius 2 is 1.94 bits per heavy atom. The predicted molar refractivity (Wildman–Crippen MR) is 120 cm³/mol. The summed E-state index contributed by atoms with van der Waals surface area (Å²) in [6.45, 7) is -0.550. The zero-order chi connectivity index (χ0) is 24.6. The molecule has 14 heteroatoms. The molecule has 1 saturated heterocycles. The lowest BCUT2D eigenvalue weighted by Crippen LogP contribution is -2.55. The van der Waals surface area contributed by atoms with Gasteiger partial charge in [-0.05, 0) is 34.1 Å². The van der Waals surface area contributed by atoms with Gasteiger partial charge in [0.2, 0.25) is 0 Å². The molecule has 9 nitrogen and oxygen atoms in total. The van der Waals surface area contributed by atoms with Gasteiger partial charge in [-0.2, -0.15) is 5.26 Å². The first-order valence-corrected chi connectivity index (χ1v) is 11.7. The summed E-state index contributed by atoms with van der Waals surface area (Å²) in [5.41, 5.74) is -0.656. The Kier molecular flexibility index (Phi) is 7.48. The zero-order valence-electron chi connectivity index (χ0n) is 16.9. The number of benzene rings is 1. The Bertz CT molecular complexity index is 1240. The zero-order valence-corrected chi connectivity index (χ0v) is 20.0. The summed E-state index contributed by atoms with van der Waals surface area (Å²) in [4.78, 5) is 4.56. The molecular weight excluding hydrogens is 560 g/mol. The first kappa shape index (κ1) is 24.9. The molecule has 34 heavy (non-hydrogen) atoms. The molecule has 5 atom stereocenters. The summed E-state index contributed by atoms with van der Waals surface area (Å²) in [6, 6.07) is 4.41. The number of aliphatic hydroxyl groups excluding tert-OH is 3. The minimum absolute atomic E-state index is 0.0554. The number of nitrogens with zero attached hydrogens (tertiary/aromatic N) is 5.